The number of alkyl halides is 1. The Balaban J connectivity index is 1.26. The Morgan fingerprint density at radius 1 is 0.886 bits per heavy atom. The number of carbonyl (C=O) groups excluding carboxylic acids is 2. The van der Waals surface area contributed by atoms with Gasteiger partial charge in [0.25, 0.3) is 0 Å². The van der Waals surface area contributed by atoms with Crippen molar-refractivity contribution in [2.75, 3.05) is 13.2 Å². The van der Waals surface area contributed by atoms with E-state index in [9.17, 15) is 14.0 Å². The number of hydrogen-bond donors (Lipinski definition) is 1. The molecule has 8 heteroatoms. The molecule has 1 heterocycles. The topological polar surface area (TPSA) is 83.1 Å². The molecular weight excluding hydrogens is 453 g/mol. The molecule has 182 valence electrons. The number of aryl methyl sites for hydroxylation is 1. The molecule has 0 aliphatic carbocycles. The monoisotopic (exact) mass is 479 g/mol. The van der Waals surface area contributed by atoms with E-state index >= 15 is 0 Å². The lowest BCUT2D eigenvalue weighted by atomic mass is 10.1. The molecule has 1 fully saturated rings. The largest absolute Gasteiger partial charge is 0.493 e. The molecule has 0 radical (unpaired) electrons. The first-order chi connectivity index (χ1) is 17.0. The predicted octanol–water partition coefficient (Wildman–Crippen LogP) is 5.67. The van der Waals surface area contributed by atoms with Crippen molar-refractivity contribution < 1.29 is 32.9 Å². The van der Waals surface area contributed by atoms with Crippen LogP contribution in [-0.4, -0.2) is 25.3 Å². The van der Waals surface area contributed by atoms with Crippen LogP contribution >= 0.6 is 0 Å². The molecule has 1 unspecified atom stereocenters. The minimum atomic E-state index is -2.68. The molecule has 1 atom stereocenters. The summed E-state index contributed by atoms with van der Waals surface area (Å²) in [5, 5.41) is 1.88. The van der Waals surface area contributed by atoms with E-state index < -0.39 is 17.9 Å². The van der Waals surface area contributed by atoms with Crippen LogP contribution in [0.4, 0.5) is 9.18 Å². The highest BCUT2D eigenvalue weighted by atomic mass is 19.1. The number of cyclic esters (lactones) is 2. The molecular formula is C27H26FNO6. The van der Waals surface area contributed by atoms with Gasteiger partial charge in [0.1, 0.15) is 23.0 Å². The van der Waals surface area contributed by atoms with Crippen LogP contribution in [0, 0.1) is 0 Å². The highest BCUT2D eigenvalue weighted by molar-refractivity contribution is 5.98. The standard InChI is InChI=1S/C27H26FNO6/c1-2-7-19-18-23(34-22-8-4-3-5-9-22)14-15-24(19)33-17-6-16-32-21-12-10-20(11-13-21)27(28)25(30)35-26(31)29-27/h3-5,8-15,18H,2,6-7,16-17H2,1H3,(H,29,31). The van der Waals surface area contributed by atoms with Crippen molar-refractivity contribution in [3.8, 4) is 23.0 Å². The molecule has 1 N–H and O–H groups in total. The second-order valence-corrected chi connectivity index (χ2v) is 7.97. The molecule has 1 saturated heterocycles. The first kappa shape index (κ1) is 24.1. The number of rotatable bonds is 11. The van der Waals surface area contributed by atoms with Gasteiger partial charge in [-0.2, -0.15) is 0 Å². The Bertz CT molecular complexity index is 1170. The Labute approximate surface area is 202 Å². The van der Waals surface area contributed by atoms with E-state index in [4.69, 9.17) is 14.2 Å². The highest BCUT2D eigenvalue weighted by Gasteiger charge is 2.51. The maximum absolute atomic E-state index is 14.7. The number of halogens is 1. The van der Waals surface area contributed by atoms with Crippen LogP contribution in [0.15, 0.2) is 72.8 Å². The summed E-state index contributed by atoms with van der Waals surface area (Å²) in [6.45, 7) is 2.96. The molecule has 35 heavy (non-hydrogen) atoms. The Kier molecular flexibility index (Phi) is 7.50. The van der Waals surface area contributed by atoms with E-state index in [-0.39, 0.29) is 5.56 Å². The molecule has 4 rings (SSSR count). The van der Waals surface area contributed by atoms with Crippen molar-refractivity contribution >= 4 is 12.1 Å². The molecule has 1 amide bonds. The summed E-state index contributed by atoms with van der Waals surface area (Å²) in [5.74, 6) is -1.10. The smallest absolute Gasteiger partial charge is 0.418 e. The molecule has 1 aliphatic heterocycles. The van der Waals surface area contributed by atoms with Crippen LogP contribution in [-0.2, 0) is 21.7 Å². The summed E-state index contributed by atoms with van der Waals surface area (Å²) in [7, 11) is 0. The number of benzene rings is 3. The third kappa shape index (κ3) is 5.90. The zero-order chi connectivity index (χ0) is 24.7. The van der Waals surface area contributed by atoms with E-state index in [2.05, 4.69) is 11.7 Å². The maximum atomic E-state index is 14.7. The van der Waals surface area contributed by atoms with Gasteiger partial charge in [-0.25, -0.2) is 14.0 Å². The van der Waals surface area contributed by atoms with Crippen molar-refractivity contribution in [3.05, 3.63) is 83.9 Å². The summed E-state index contributed by atoms with van der Waals surface area (Å²) in [6.07, 6.45) is 1.36. The van der Waals surface area contributed by atoms with Crippen LogP contribution in [0.1, 0.15) is 30.9 Å². The number of alkyl carbamates (subject to hydrolysis) is 1. The van der Waals surface area contributed by atoms with E-state index in [1.165, 1.54) is 24.3 Å². The number of carbonyl (C=O) groups is 2. The predicted molar refractivity (Wildman–Crippen MR) is 126 cm³/mol. The highest BCUT2D eigenvalue weighted by Crippen LogP contribution is 2.31. The maximum Gasteiger partial charge on any atom is 0.418 e. The lowest BCUT2D eigenvalue weighted by Crippen LogP contribution is -2.38. The van der Waals surface area contributed by atoms with Crippen molar-refractivity contribution in [2.24, 2.45) is 0 Å². The van der Waals surface area contributed by atoms with Gasteiger partial charge >= 0.3 is 17.9 Å². The fraction of sp³-hybridized carbons (Fsp3) is 0.259. The van der Waals surface area contributed by atoms with Gasteiger partial charge in [-0.3, -0.25) is 5.32 Å². The molecule has 3 aromatic rings. The van der Waals surface area contributed by atoms with Gasteiger partial charge in [0.15, 0.2) is 0 Å². The van der Waals surface area contributed by atoms with Gasteiger partial charge in [0.2, 0.25) is 0 Å². The summed E-state index contributed by atoms with van der Waals surface area (Å²) in [5.41, 5.74) is 1.04. The van der Waals surface area contributed by atoms with Crippen molar-refractivity contribution in [1.82, 2.24) is 5.32 Å². The normalized spacial score (nSPS) is 17.0. The SMILES string of the molecule is CCCc1cc(Oc2ccccc2)ccc1OCCCOc1ccc(C2(F)NC(=O)OC2=O)cc1. The second-order valence-electron chi connectivity index (χ2n) is 7.97. The quantitative estimate of drug-likeness (QED) is 0.165. The van der Waals surface area contributed by atoms with Crippen molar-refractivity contribution in [1.29, 1.82) is 0 Å². The van der Waals surface area contributed by atoms with Gasteiger partial charge in [-0.05, 0) is 66.6 Å². The van der Waals surface area contributed by atoms with E-state index in [0.29, 0.717) is 25.4 Å². The molecule has 0 spiro atoms. The molecule has 7 nitrogen and oxygen atoms in total. The Hall–Kier alpha value is -4.07. The number of hydrogen-bond acceptors (Lipinski definition) is 6. The summed E-state index contributed by atoms with van der Waals surface area (Å²) >= 11 is 0. The van der Waals surface area contributed by atoms with Crippen LogP contribution in [0.2, 0.25) is 0 Å². The van der Waals surface area contributed by atoms with Gasteiger partial charge in [0.05, 0.1) is 13.2 Å². The molecule has 1 aliphatic rings. The van der Waals surface area contributed by atoms with Crippen molar-refractivity contribution in [3.63, 3.8) is 0 Å². The first-order valence-corrected chi connectivity index (χ1v) is 11.4. The van der Waals surface area contributed by atoms with Crippen LogP contribution in [0.5, 0.6) is 23.0 Å². The van der Waals surface area contributed by atoms with Gasteiger partial charge in [-0.15, -0.1) is 0 Å². The van der Waals surface area contributed by atoms with Crippen LogP contribution in [0.25, 0.3) is 0 Å². The lowest BCUT2D eigenvalue weighted by Gasteiger charge is -2.15. The van der Waals surface area contributed by atoms with E-state index in [1.54, 1.807) is 0 Å². The van der Waals surface area contributed by atoms with Gasteiger partial charge in [0, 0.05) is 12.0 Å². The van der Waals surface area contributed by atoms with E-state index in [0.717, 1.165) is 35.7 Å². The van der Waals surface area contributed by atoms with Crippen LogP contribution in [0.3, 0.4) is 0 Å². The fourth-order valence-electron chi connectivity index (χ4n) is 3.62. The average Bonchev–Trinajstić information content (AvgIpc) is 3.13. The first-order valence-electron chi connectivity index (χ1n) is 11.4. The number of esters is 1. The molecule has 0 saturated carbocycles. The molecule has 0 bridgehead atoms. The third-order valence-corrected chi connectivity index (χ3v) is 5.34. The van der Waals surface area contributed by atoms with Gasteiger partial charge in [-0.1, -0.05) is 31.5 Å². The molecule has 0 aromatic heterocycles. The van der Waals surface area contributed by atoms with Gasteiger partial charge < -0.3 is 18.9 Å². The average molecular weight is 480 g/mol. The summed E-state index contributed by atoms with van der Waals surface area (Å²) < 4.78 is 36.5. The Morgan fingerprint density at radius 3 is 2.29 bits per heavy atom. The number of nitrogens with one attached hydrogen (secondary N) is 1. The summed E-state index contributed by atoms with van der Waals surface area (Å²) in [4.78, 5) is 22.7. The lowest BCUT2D eigenvalue weighted by molar-refractivity contribution is -0.146. The van der Waals surface area contributed by atoms with Crippen LogP contribution < -0.4 is 19.5 Å². The molecule has 3 aromatic carbocycles. The Morgan fingerprint density at radius 2 is 1.60 bits per heavy atom. The third-order valence-electron chi connectivity index (χ3n) is 5.34. The number of amides is 1. The van der Waals surface area contributed by atoms with E-state index in [1.807, 2.05) is 53.8 Å². The minimum absolute atomic E-state index is 0.0350. The zero-order valence-corrected chi connectivity index (χ0v) is 19.3. The number of para-hydroxylation sites is 1. The second kappa shape index (κ2) is 10.9. The zero-order valence-electron chi connectivity index (χ0n) is 19.3. The van der Waals surface area contributed by atoms with Crippen molar-refractivity contribution in [2.45, 2.75) is 32.0 Å². The number of ether oxygens (including phenoxy) is 4. The minimum Gasteiger partial charge on any atom is -0.493 e. The summed E-state index contributed by atoms with van der Waals surface area (Å²) in [6, 6.07) is 21.2. The fourth-order valence-corrected chi connectivity index (χ4v) is 3.62.